The molecule has 0 heterocycles. The summed E-state index contributed by atoms with van der Waals surface area (Å²) < 4.78 is 0. The number of aliphatic hydroxyl groups excluding tert-OH is 1. The topological polar surface area (TPSA) is 49.3 Å². The molecule has 4 aliphatic rings. The molecule has 3 heteroatoms. The molecule has 0 aliphatic heterocycles. The van der Waals surface area contributed by atoms with Crippen LogP contribution in [0.5, 0.6) is 0 Å². The summed E-state index contributed by atoms with van der Waals surface area (Å²) in [4.78, 5) is 13.0. The van der Waals surface area contributed by atoms with E-state index in [2.05, 4.69) is 12.2 Å². The fourth-order valence-corrected chi connectivity index (χ4v) is 5.63. The van der Waals surface area contributed by atoms with Crippen molar-refractivity contribution in [2.75, 3.05) is 6.61 Å². The summed E-state index contributed by atoms with van der Waals surface area (Å²) in [5, 5.41) is 12.7. The number of amides is 1. The molecule has 0 saturated heterocycles. The van der Waals surface area contributed by atoms with Crippen LogP contribution in [0.3, 0.4) is 0 Å². The van der Waals surface area contributed by atoms with Crippen LogP contribution in [-0.4, -0.2) is 23.2 Å². The Hall–Kier alpha value is -0.570. The maximum Gasteiger partial charge on any atom is 0.226 e. The van der Waals surface area contributed by atoms with E-state index in [9.17, 15) is 9.90 Å². The third kappa shape index (κ3) is 2.18. The highest BCUT2D eigenvalue weighted by molar-refractivity contribution is 5.84. The Kier molecular flexibility index (Phi) is 3.20. The van der Waals surface area contributed by atoms with E-state index in [1.807, 2.05) is 13.8 Å². The molecule has 114 valence electrons. The average molecular weight is 279 g/mol. The molecule has 3 unspecified atom stereocenters. The number of hydrogen-bond acceptors (Lipinski definition) is 2. The summed E-state index contributed by atoms with van der Waals surface area (Å²) in [7, 11) is 0. The second-order valence-electron chi connectivity index (χ2n) is 8.58. The Balaban J connectivity index is 1.81. The first-order chi connectivity index (χ1) is 9.32. The van der Waals surface area contributed by atoms with Crippen molar-refractivity contribution < 1.29 is 9.90 Å². The molecule has 0 spiro atoms. The Morgan fingerprint density at radius 1 is 1.30 bits per heavy atom. The van der Waals surface area contributed by atoms with Gasteiger partial charge in [-0.1, -0.05) is 13.8 Å². The van der Waals surface area contributed by atoms with Crippen LogP contribution in [0, 0.1) is 22.7 Å². The molecule has 0 radical (unpaired) electrons. The molecule has 3 nitrogen and oxygen atoms in total. The van der Waals surface area contributed by atoms with Crippen molar-refractivity contribution in [2.24, 2.45) is 22.7 Å². The van der Waals surface area contributed by atoms with Crippen molar-refractivity contribution in [2.45, 2.75) is 71.3 Å². The van der Waals surface area contributed by atoms with Crippen molar-refractivity contribution >= 4 is 5.91 Å². The number of carbonyl (C=O) groups excluding carboxylic acids is 1. The molecule has 4 rings (SSSR count). The second-order valence-corrected chi connectivity index (χ2v) is 8.58. The third-order valence-electron chi connectivity index (χ3n) is 6.38. The maximum absolute atomic E-state index is 13.0. The van der Waals surface area contributed by atoms with Gasteiger partial charge in [0.25, 0.3) is 0 Å². The van der Waals surface area contributed by atoms with Crippen LogP contribution in [0.4, 0.5) is 0 Å². The Morgan fingerprint density at radius 2 is 1.90 bits per heavy atom. The SMILES string of the molecule is CCC(C)(CO)NC(=O)C12CC3CC(CC(C)(C3)C1)C2. The fourth-order valence-electron chi connectivity index (χ4n) is 5.63. The predicted octanol–water partition coefficient (Wildman–Crippen LogP) is 2.87. The normalized spacial score (nSPS) is 45.2. The van der Waals surface area contributed by atoms with Gasteiger partial charge in [-0.2, -0.15) is 0 Å². The monoisotopic (exact) mass is 279 g/mol. The molecule has 2 N–H and O–H groups in total. The lowest BCUT2D eigenvalue weighted by molar-refractivity contribution is -0.157. The first kappa shape index (κ1) is 14.4. The van der Waals surface area contributed by atoms with Gasteiger partial charge in [-0.15, -0.1) is 0 Å². The Morgan fingerprint density at radius 3 is 2.35 bits per heavy atom. The zero-order chi connectivity index (χ0) is 14.6. The highest BCUT2D eigenvalue weighted by atomic mass is 16.3. The van der Waals surface area contributed by atoms with Gasteiger partial charge >= 0.3 is 0 Å². The maximum atomic E-state index is 13.0. The van der Waals surface area contributed by atoms with Crippen molar-refractivity contribution in [1.29, 1.82) is 0 Å². The number of hydrogen-bond donors (Lipinski definition) is 2. The summed E-state index contributed by atoms with van der Waals surface area (Å²) in [5.41, 5.74) is -0.199. The van der Waals surface area contributed by atoms with Crippen LogP contribution < -0.4 is 5.32 Å². The van der Waals surface area contributed by atoms with E-state index >= 15 is 0 Å². The summed E-state index contributed by atoms with van der Waals surface area (Å²) in [6.07, 6.45) is 7.98. The van der Waals surface area contributed by atoms with E-state index in [0.717, 1.165) is 37.5 Å². The van der Waals surface area contributed by atoms with Gasteiger partial charge in [0.15, 0.2) is 0 Å². The zero-order valence-electron chi connectivity index (χ0n) is 13.2. The molecular weight excluding hydrogens is 250 g/mol. The molecular formula is C17H29NO2. The van der Waals surface area contributed by atoms with Gasteiger partial charge in [0.2, 0.25) is 5.91 Å². The first-order valence-corrected chi connectivity index (χ1v) is 8.26. The molecule has 4 fully saturated rings. The Bertz CT molecular complexity index is 399. The molecule has 4 bridgehead atoms. The molecule has 3 atom stereocenters. The molecule has 4 aliphatic carbocycles. The lowest BCUT2D eigenvalue weighted by Gasteiger charge is -2.60. The van der Waals surface area contributed by atoms with Gasteiger partial charge in [0, 0.05) is 0 Å². The fraction of sp³-hybridized carbons (Fsp3) is 0.941. The molecule has 4 saturated carbocycles. The van der Waals surface area contributed by atoms with E-state index < -0.39 is 5.54 Å². The molecule has 1 amide bonds. The summed E-state index contributed by atoms with van der Waals surface area (Å²) in [6, 6.07) is 0. The highest BCUT2D eigenvalue weighted by Gasteiger charge is 2.59. The smallest absolute Gasteiger partial charge is 0.226 e. The molecule has 0 aromatic rings. The summed E-state index contributed by atoms with van der Waals surface area (Å²) in [5.74, 6) is 1.74. The number of nitrogens with one attached hydrogen (secondary N) is 1. The summed E-state index contributed by atoms with van der Waals surface area (Å²) >= 11 is 0. The van der Waals surface area contributed by atoms with Gasteiger partial charge in [0.05, 0.1) is 17.6 Å². The average Bonchev–Trinajstić information content (AvgIpc) is 2.35. The minimum absolute atomic E-state index is 0.0233. The van der Waals surface area contributed by atoms with Crippen LogP contribution in [0.15, 0.2) is 0 Å². The van der Waals surface area contributed by atoms with Crippen LogP contribution in [0.1, 0.15) is 65.7 Å². The number of carbonyl (C=O) groups is 1. The van der Waals surface area contributed by atoms with Gasteiger partial charge in [0.1, 0.15) is 0 Å². The van der Waals surface area contributed by atoms with Crippen molar-refractivity contribution in [1.82, 2.24) is 5.32 Å². The van der Waals surface area contributed by atoms with Crippen LogP contribution in [0.25, 0.3) is 0 Å². The zero-order valence-corrected chi connectivity index (χ0v) is 13.2. The first-order valence-electron chi connectivity index (χ1n) is 8.26. The van der Waals surface area contributed by atoms with Crippen LogP contribution >= 0.6 is 0 Å². The van der Waals surface area contributed by atoms with E-state index in [0.29, 0.717) is 5.41 Å². The molecule has 0 aromatic heterocycles. The molecule has 0 aromatic carbocycles. The predicted molar refractivity (Wildman–Crippen MR) is 79.1 cm³/mol. The van der Waals surface area contributed by atoms with Crippen molar-refractivity contribution in [3.05, 3.63) is 0 Å². The third-order valence-corrected chi connectivity index (χ3v) is 6.38. The lowest BCUT2D eigenvalue weighted by atomic mass is 9.44. The van der Waals surface area contributed by atoms with Gasteiger partial charge in [-0.25, -0.2) is 0 Å². The van der Waals surface area contributed by atoms with E-state index in [-0.39, 0.29) is 17.9 Å². The minimum Gasteiger partial charge on any atom is -0.394 e. The van der Waals surface area contributed by atoms with Gasteiger partial charge in [-0.05, 0) is 69.1 Å². The van der Waals surface area contributed by atoms with Crippen molar-refractivity contribution in [3.63, 3.8) is 0 Å². The van der Waals surface area contributed by atoms with Crippen LogP contribution in [-0.2, 0) is 4.79 Å². The highest BCUT2D eigenvalue weighted by Crippen LogP contribution is 2.65. The largest absolute Gasteiger partial charge is 0.394 e. The van der Waals surface area contributed by atoms with E-state index in [1.165, 1.54) is 19.3 Å². The quantitative estimate of drug-likeness (QED) is 0.831. The van der Waals surface area contributed by atoms with E-state index in [4.69, 9.17) is 0 Å². The number of rotatable bonds is 4. The van der Waals surface area contributed by atoms with E-state index in [1.54, 1.807) is 0 Å². The van der Waals surface area contributed by atoms with Crippen LogP contribution in [0.2, 0.25) is 0 Å². The van der Waals surface area contributed by atoms with Crippen molar-refractivity contribution in [3.8, 4) is 0 Å². The second kappa shape index (κ2) is 4.46. The summed E-state index contributed by atoms with van der Waals surface area (Å²) in [6.45, 7) is 6.39. The standard InChI is InChI=1S/C17H29NO2/c1-4-16(3,11-19)18-14(20)17-8-12-5-13(9-17)7-15(2,6-12)10-17/h12-13,19H,4-11H2,1-3H3,(H,18,20). The minimum atomic E-state index is -0.457. The van der Waals surface area contributed by atoms with Gasteiger partial charge in [-0.3, -0.25) is 4.79 Å². The number of aliphatic hydroxyl groups is 1. The lowest BCUT2D eigenvalue weighted by Crippen LogP contribution is -2.60. The molecule has 20 heavy (non-hydrogen) atoms. The Labute approximate surface area is 122 Å². The van der Waals surface area contributed by atoms with Gasteiger partial charge < -0.3 is 10.4 Å².